The monoisotopic (exact) mass is 212 g/mol. The van der Waals surface area contributed by atoms with Crippen molar-refractivity contribution in [1.82, 2.24) is 0 Å². The van der Waals surface area contributed by atoms with E-state index in [4.69, 9.17) is 26.7 Å². The number of hydrogen-bond acceptors (Lipinski definition) is 3. The van der Waals surface area contributed by atoms with Gasteiger partial charge in [-0.2, -0.15) is 0 Å². The lowest BCUT2D eigenvalue weighted by Gasteiger charge is -2.03. The van der Waals surface area contributed by atoms with Gasteiger partial charge in [0.1, 0.15) is 0 Å². The highest BCUT2D eigenvalue weighted by Crippen LogP contribution is 2.35. The first-order valence-electron chi connectivity index (χ1n) is 3.57. The van der Waals surface area contributed by atoms with Gasteiger partial charge in [-0.05, 0) is 25.1 Å². The maximum absolute atomic E-state index is 10.4. The second kappa shape index (κ2) is 5.65. The van der Waals surface area contributed by atoms with Gasteiger partial charge in [0.2, 0.25) is 0 Å². The van der Waals surface area contributed by atoms with Crippen molar-refractivity contribution < 1.29 is 19.1 Å². The lowest BCUT2D eigenvalue weighted by molar-refractivity contribution is 0.370. The molecule has 6 heteroatoms. The lowest BCUT2D eigenvalue weighted by atomic mass is 10.3. The van der Waals surface area contributed by atoms with Gasteiger partial charge in [0.25, 0.3) is 0 Å². The summed E-state index contributed by atoms with van der Waals surface area (Å²) in [4.78, 5) is 17.0. The van der Waals surface area contributed by atoms with Gasteiger partial charge >= 0.3 is 7.60 Å². The van der Waals surface area contributed by atoms with Gasteiger partial charge < -0.3 is 14.5 Å². The Hall–Kier alpha value is 0.0400. The van der Waals surface area contributed by atoms with Crippen LogP contribution in [-0.2, 0) is 9.30 Å². The zero-order chi connectivity index (χ0) is 9.61. The number of thiocarbonyl (C=S) groups is 1. The van der Waals surface area contributed by atoms with Crippen LogP contribution in [0.25, 0.3) is 0 Å². The maximum Gasteiger partial charge on any atom is 0.325 e. The molecule has 0 aromatic heterocycles. The number of unbranched alkanes of at least 4 members (excludes halogenated alkanes) is 1. The summed E-state index contributed by atoms with van der Waals surface area (Å²) < 4.78 is 15.1. The summed E-state index contributed by atoms with van der Waals surface area (Å²) in [7, 11) is -2.33. The summed E-state index contributed by atoms with van der Waals surface area (Å²) in [6, 6.07) is 0. The molecule has 0 unspecified atom stereocenters. The fraction of sp³-hybridized carbons (Fsp3) is 0.833. The van der Waals surface area contributed by atoms with Crippen molar-refractivity contribution in [1.29, 1.82) is 0 Å². The third-order valence-corrected chi connectivity index (χ3v) is 2.58. The van der Waals surface area contributed by atoms with E-state index in [1.54, 1.807) is 0 Å². The Bertz CT molecular complexity index is 188. The van der Waals surface area contributed by atoms with Crippen molar-refractivity contribution >= 4 is 24.9 Å². The van der Waals surface area contributed by atoms with E-state index in [0.29, 0.717) is 24.3 Å². The molecule has 0 bridgehead atoms. The Kier molecular flexibility index (Phi) is 5.66. The topological polar surface area (TPSA) is 66.8 Å². The molecule has 0 saturated carbocycles. The molecule has 0 atom stereocenters. The summed E-state index contributed by atoms with van der Waals surface area (Å²) in [6.07, 6.45) is 1.66. The molecule has 0 aromatic carbocycles. The first-order chi connectivity index (χ1) is 5.45. The molecule has 12 heavy (non-hydrogen) atoms. The van der Waals surface area contributed by atoms with Crippen LogP contribution in [0, 0.1) is 0 Å². The third-order valence-electron chi connectivity index (χ3n) is 1.31. The average molecular weight is 212 g/mol. The molecule has 4 nitrogen and oxygen atoms in total. The quantitative estimate of drug-likeness (QED) is 0.408. The molecular formula is C6H13O4PS. The van der Waals surface area contributed by atoms with Crippen molar-refractivity contribution in [2.75, 3.05) is 13.3 Å². The van der Waals surface area contributed by atoms with Gasteiger partial charge in [-0.15, -0.1) is 0 Å². The van der Waals surface area contributed by atoms with E-state index in [9.17, 15) is 4.57 Å². The number of ether oxygens (including phenoxy) is 1. The van der Waals surface area contributed by atoms with Crippen LogP contribution in [0.2, 0.25) is 0 Å². The summed E-state index contributed by atoms with van der Waals surface area (Å²) >= 11 is 4.75. The van der Waals surface area contributed by atoms with Gasteiger partial charge in [0, 0.05) is 12.6 Å². The van der Waals surface area contributed by atoms with Crippen molar-refractivity contribution in [3.8, 4) is 0 Å². The molecule has 0 spiro atoms. The van der Waals surface area contributed by atoms with Crippen LogP contribution in [0.3, 0.4) is 0 Å². The molecule has 0 aliphatic rings. The maximum atomic E-state index is 10.4. The SMILES string of the molecule is COC(=S)CCCCP(=O)(O)O. The van der Waals surface area contributed by atoms with E-state index in [-0.39, 0.29) is 6.16 Å². The summed E-state index contributed by atoms with van der Waals surface area (Å²) in [5.74, 6) is 0. The molecule has 0 heterocycles. The molecule has 0 aliphatic heterocycles. The van der Waals surface area contributed by atoms with Crippen LogP contribution < -0.4 is 0 Å². The highest BCUT2D eigenvalue weighted by Gasteiger charge is 2.11. The van der Waals surface area contributed by atoms with Crippen molar-refractivity contribution in [2.24, 2.45) is 0 Å². The van der Waals surface area contributed by atoms with E-state index in [1.165, 1.54) is 7.11 Å². The number of hydrogen-bond donors (Lipinski definition) is 2. The molecule has 0 aromatic rings. The molecule has 2 N–H and O–H groups in total. The third kappa shape index (κ3) is 8.14. The van der Waals surface area contributed by atoms with Gasteiger partial charge in [-0.25, -0.2) is 0 Å². The number of rotatable bonds is 5. The van der Waals surface area contributed by atoms with Gasteiger partial charge in [0.05, 0.1) is 7.11 Å². The van der Waals surface area contributed by atoms with Crippen LogP contribution in [-0.4, -0.2) is 28.1 Å². The molecule has 0 fully saturated rings. The van der Waals surface area contributed by atoms with Crippen LogP contribution in [0.1, 0.15) is 19.3 Å². The Labute approximate surface area is 77.1 Å². The standard InChI is InChI=1S/C6H13O4PS/c1-10-6(12)4-2-3-5-11(7,8)9/h2-5H2,1H3,(H2,7,8,9). The molecule has 0 amide bonds. The van der Waals surface area contributed by atoms with Crippen LogP contribution in [0.15, 0.2) is 0 Å². The van der Waals surface area contributed by atoms with E-state index in [1.807, 2.05) is 0 Å². The Morgan fingerprint density at radius 3 is 2.50 bits per heavy atom. The zero-order valence-electron chi connectivity index (χ0n) is 6.89. The molecule has 0 saturated heterocycles. The van der Waals surface area contributed by atoms with Crippen LogP contribution in [0.4, 0.5) is 0 Å². The molecule has 0 rings (SSSR count). The lowest BCUT2D eigenvalue weighted by Crippen LogP contribution is -1.97. The highest BCUT2D eigenvalue weighted by molar-refractivity contribution is 7.80. The summed E-state index contributed by atoms with van der Waals surface area (Å²) in [6.45, 7) is 0. The van der Waals surface area contributed by atoms with E-state index < -0.39 is 7.60 Å². The van der Waals surface area contributed by atoms with Crippen LogP contribution in [0.5, 0.6) is 0 Å². The fourth-order valence-corrected chi connectivity index (χ4v) is 1.47. The van der Waals surface area contributed by atoms with Gasteiger partial charge in [0.15, 0.2) is 5.05 Å². The zero-order valence-corrected chi connectivity index (χ0v) is 8.61. The summed E-state index contributed by atoms with van der Waals surface area (Å²) in [5.41, 5.74) is 0. The first kappa shape index (κ1) is 12.0. The minimum absolute atomic E-state index is 0.0701. The second-order valence-corrected chi connectivity index (χ2v) is 4.65. The van der Waals surface area contributed by atoms with Crippen molar-refractivity contribution in [3.05, 3.63) is 0 Å². The molecule has 0 aliphatic carbocycles. The Morgan fingerprint density at radius 1 is 1.50 bits per heavy atom. The van der Waals surface area contributed by atoms with E-state index in [0.717, 1.165) is 0 Å². The van der Waals surface area contributed by atoms with E-state index >= 15 is 0 Å². The van der Waals surface area contributed by atoms with Crippen molar-refractivity contribution in [3.63, 3.8) is 0 Å². The largest absolute Gasteiger partial charge is 0.490 e. The smallest absolute Gasteiger partial charge is 0.325 e. The predicted octanol–water partition coefficient (Wildman–Crippen LogP) is 1.31. The molecule has 72 valence electrons. The van der Waals surface area contributed by atoms with Crippen LogP contribution >= 0.6 is 19.8 Å². The molecule has 0 radical (unpaired) electrons. The average Bonchev–Trinajstić information content (AvgIpc) is 1.96. The first-order valence-corrected chi connectivity index (χ1v) is 5.77. The number of methoxy groups -OCH3 is 1. The predicted molar refractivity (Wildman–Crippen MR) is 50.4 cm³/mol. The van der Waals surface area contributed by atoms with E-state index in [2.05, 4.69) is 0 Å². The minimum atomic E-state index is -3.82. The minimum Gasteiger partial charge on any atom is -0.490 e. The van der Waals surface area contributed by atoms with Gasteiger partial charge in [-0.1, -0.05) is 0 Å². The van der Waals surface area contributed by atoms with Gasteiger partial charge in [-0.3, -0.25) is 4.57 Å². The van der Waals surface area contributed by atoms with Crippen molar-refractivity contribution in [2.45, 2.75) is 19.3 Å². The normalized spacial score (nSPS) is 11.2. The fourth-order valence-electron chi connectivity index (χ4n) is 0.689. The highest BCUT2D eigenvalue weighted by atomic mass is 32.1. The molecular weight excluding hydrogens is 199 g/mol. The Morgan fingerprint density at radius 2 is 2.08 bits per heavy atom. The second-order valence-electron chi connectivity index (χ2n) is 2.42. The summed E-state index contributed by atoms with van der Waals surface area (Å²) in [5, 5.41) is 0.487. The Balaban J connectivity index is 3.34.